The van der Waals surface area contributed by atoms with E-state index in [1.54, 1.807) is 0 Å². The van der Waals surface area contributed by atoms with Crippen LogP contribution in [-0.2, 0) is 4.74 Å². The number of hydrogen-bond donors (Lipinski definition) is 1. The van der Waals surface area contributed by atoms with Gasteiger partial charge in [0.15, 0.2) is 5.78 Å². The Kier molecular flexibility index (Phi) is 5.74. The van der Waals surface area contributed by atoms with E-state index in [0.29, 0.717) is 6.61 Å². The summed E-state index contributed by atoms with van der Waals surface area (Å²) in [6, 6.07) is 3.70. The van der Waals surface area contributed by atoms with Gasteiger partial charge in [-0.25, -0.2) is 4.39 Å². The maximum Gasteiger partial charge on any atom is 0.163 e. The molecule has 0 radical (unpaired) electrons. The van der Waals surface area contributed by atoms with E-state index < -0.39 is 11.9 Å². The number of ether oxygens (including phenoxy) is 2. The van der Waals surface area contributed by atoms with Crippen LogP contribution in [0.4, 0.5) is 4.39 Å². The molecular weight excluding hydrogens is 239 g/mol. The zero-order chi connectivity index (χ0) is 13.5. The van der Waals surface area contributed by atoms with Crippen LogP contribution in [0.2, 0.25) is 0 Å². The third-order valence-electron chi connectivity index (χ3n) is 2.27. The maximum absolute atomic E-state index is 13.0. The summed E-state index contributed by atoms with van der Waals surface area (Å²) in [5, 5.41) is 9.52. The summed E-state index contributed by atoms with van der Waals surface area (Å²) in [7, 11) is 0. The van der Waals surface area contributed by atoms with E-state index in [-0.39, 0.29) is 30.3 Å². The van der Waals surface area contributed by atoms with Crippen LogP contribution in [0.15, 0.2) is 18.2 Å². The van der Waals surface area contributed by atoms with Gasteiger partial charge in [0.25, 0.3) is 0 Å². The van der Waals surface area contributed by atoms with Gasteiger partial charge in [-0.15, -0.1) is 0 Å². The van der Waals surface area contributed by atoms with Crippen molar-refractivity contribution in [2.24, 2.45) is 0 Å². The van der Waals surface area contributed by atoms with Crippen LogP contribution in [0, 0.1) is 5.82 Å². The van der Waals surface area contributed by atoms with Crippen LogP contribution in [0.5, 0.6) is 5.75 Å². The second-order valence-corrected chi connectivity index (χ2v) is 3.82. The molecule has 0 aliphatic heterocycles. The minimum atomic E-state index is -0.783. The first-order chi connectivity index (χ1) is 8.54. The Morgan fingerprint density at radius 1 is 1.44 bits per heavy atom. The number of hydrogen-bond acceptors (Lipinski definition) is 4. The van der Waals surface area contributed by atoms with Crippen molar-refractivity contribution >= 4 is 5.78 Å². The van der Waals surface area contributed by atoms with E-state index in [2.05, 4.69) is 0 Å². The average molecular weight is 256 g/mol. The van der Waals surface area contributed by atoms with Crippen LogP contribution in [0.25, 0.3) is 0 Å². The highest BCUT2D eigenvalue weighted by molar-refractivity contribution is 5.96. The lowest BCUT2D eigenvalue weighted by Gasteiger charge is -2.14. The molecule has 1 aromatic carbocycles. The number of ketones is 1. The number of aliphatic hydroxyl groups excluding tert-OH is 1. The molecule has 1 rings (SSSR count). The van der Waals surface area contributed by atoms with Crippen molar-refractivity contribution in [3.05, 3.63) is 29.6 Å². The van der Waals surface area contributed by atoms with Gasteiger partial charge in [0.2, 0.25) is 0 Å². The van der Waals surface area contributed by atoms with Crippen LogP contribution in [-0.4, -0.2) is 36.8 Å². The molecule has 100 valence electrons. The fourth-order valence-corrected chi connectivity index (χ4v) is 1.39. The summed E-state index contributed by atoms with van der Waals surface area (Å²) in [6.07, 6.45) is -0.783. The number of carbonyl (C=O) groups is 1. The third-order valence-corrected chi connectivity index (χ3v) is 2.27. The highest BCUT2D eigenvalue weighted by atomic mass is 19.1. The minimum absolute atomic E-state index is 0.00802. The molecule has 0 aromatic heterocycles. The Morgan fingerprint density at radius 3 is 2.78 bits per heavy atom. The molecule has 0 bridgehead atoms. The molecule has 0 aliphatic carbocycles. The van der Waals surface area contributed by atoms with E-state index in [1.165, 1.54) is 19.1 Å². The summed E-state index contributed by atoms with van der Waals surface area (Å²) < 4.78 is 23.3. The van der Waals surface area contributed by atoms with E-state index in [9.17, 15) is 14.3 Å². The monoisotopic (exact) mass is 256 g/mol. The van der Waals surface area contributed by atoms with Gasteiger partial charge < -0.3 is 14.6 Å². The number of rotatable bonds is 7. The van der Waals surface area contributed by atoms with Gasteiger partial charge in [0.05, 0.1) is 12.2 Å². The zero-order valence-corrected chi connectivity index (χ0v) is 10.5. The quantitative estimate of drug-likeness (QED) is 0.756. The van der Waals surface area contributed by atoms with Gasteiger partial charge in [0, 0.05) is 6.61 Å². The van der Waals surface area contributed by atoms with Gasteiger partial charge in [-0.3, -0.25) is 4.79 Å². The first-order valence-corrected chi connectivity index (χ1v) is 5.73. The van der Waals surface area contributed by atoms with Crippen molar-refractivity contribution in [1.29, 1.82) is 0 Å². The van der Waals surface area contributed by atoms with Gasteiger partial charge in [-0.2, -0.15) is 0 Å². The van der Waals surface area contributed by atoms with Crippen LogP contribution in [0.1, 0.15) is 24.2 Å². The fourth-order valence-electron chi connectivity index (χ4n) is 1.39. The molecule has 1 atom stereocenters. The van der Waals surface area contributed by atoms with E-state index in [1.807, 2.05) is 6.92 Å². The predicted molar refractivity (Wildman–Crippen MR) is 64.4 cm³/mol. The average Bonchev–Trinajstić information content (AvgIpc) is 2.34. The van der Waals surface area contributed by atoms with Crippen molar-refractivity contribution in [3.8, 4) is 5.75 Å². The highest BCUT2D eigenvalue weighted by Crippen LogP contribution is 2.20. The number of aliphatic hydroxyl groups is 1. The van der Waals surface area contributed by atoms with Crippen LogP contribution in [0.3, 0.4) is 0 Å². The van der Waals surface area contributed by atoms with Gasteiger partial charge in [0.1, 0.15) is 24.3 Å². The maximum atomic E-state index is 13.0. The predicted octanol–water partition coefficient (Wildman–Crippen LogP) is 1.80. The molecule has 0 saturated heterocycles. The zero-order valence-electron chi connectivity index (χ0n) is 10.5. The van der Waals surface area contributed by atoms with E-state index in [4.69, 9.17) is 9.47 Å². The first kappa shape index (κ1) is 14.6. The molecule has 0 fully saturated rings. The van der Waals surface area contributed by atoms with Crippen molar-refractivity contribution in [2.75, 3.05) is 19.8 Å². The second-order valence-electron chi connectivity index (χ2n) is 3.82. The molecule has 18 heavy (non-hydrogen) atoms. The lowest BCUT2D eigenvalue weighted by Crippen LogP contribution is -2.23. The molecule has 0 spiro atoms. The standard InChI is InChI=1S/C13H17FO4/c1-3-17-7-11(16)8-18-13-5-4-10(14)6-12(13)9(2)15/h4-6,11,16H,3,7-8H2,1-2H3. The summed E-state index contributed by atoms with van der Waals surface area (Å²) in [5.74, 6) is -0.523. The smallest absolute Gasteiger partial charge is 0.163 e. The molecular formula is C13H17FO4. The van der Waals surface area contributed by atoms with Crippen LogP contribution >= 0.6 is 0 Å². The molecule has 0 aliphatic rings. The van der Waals surface area contributed by atoms with Crippen molar-refractivity contribution < 1.29 is 23.8 Å². The minimum Gasteiger partial charge on any atom is -0.490 e. The van der Waals surface area contributed by atoms with Gasteiger partial charge in [-0.1, -0.05) is 0 Å². The number of benzene rings is 1. The summed E-state index contributed by atoms with van der Waals surface area (Å²) >= 11 is 0. The molecule has 1 aromatic rings. The Hall–Kier alpha value is -1.46. The summed E-state index contributed by atoms with van der Waals surface area (Å²) in [5.41, 5.74) is 0.165. The lowest BCUT2D eigenvalue weighted by atomic mass is 10.1. The Labute approximate surface area is 105 Å². The van der Waals surface area contributed by atoms with E-state index in [0.717, 1.165) is 6.07 Å². The van der Waals surface area contributed by atoms with Crippen LogP contribution < -0.4 is 4.74 Å². The number of Topliss-reactive ketones (excluding diaryl/α,β-unsaturated/α-hetero) is 1. The molecule has 4 nitrogen and oxygen atoms in total. The Morgan fingerprint density at radius 2 is 2.17 bits per heavy atom. The number of carbonyl (C=O) groups excluding carboxylic acids is 1. The third kappa shape index (κ3) is 4.43. The molecule has 0 saturated carbocycles. The summed E-state index contributed by atoms with van der Waals surface area (Å²) in [6.45, 7) is 3.81. The van der Waals surface area contributed by atoms with Gasteiger partial charge in [-0.05, 0) is 32.0 Å². The van der Waals surface area contributed by atoms with Crippen molar-refractivity contribution in [3.63, 3.8) is 0 Å². The molecule has 1 unspecified atom stereocenters. The largest absolute Gasteiger partial charge is 0.490 e. The topological polar surface area (TPSA) is 55.8 Å². The normalized spacial score (nSPS) is 12.2. The SMILES string of the molecule is CCOCC(O)COc1ccc(F)cc1C(C)=O. The molecule has 0 heterocycles. The summed E-state index contributed by atoms with van der Waals surface area (Å²) in [4.78, 5) is 11.3. The molecule has 0 amide bonds. The molecule has 1 N–H and O–H groups in total. The second kappa shape index (κ2) is 7.08. The van der Waals surface area contributed by atoms with Crippen molar-refractivity contribution in [2.45, 2.75) is 20.0 Å². The lowest BCUT2D eigenvalue weighted by molar-refractivity contribution is 0.0162. The molecule has 5 heteroatoms. The fraction of sp³-hybridized carbons (Fsp3) is 0.462. The van der Waals surface area contributed by atoms with E-state index >= 15 is 0 Å². The van der Waals surface area contributed by atoms with Crippen molar-refractivity contribution in [1.82, 2.24) is 0 Å². The van der Waals surface area contributed by atoms with Gasteiger partial charge >= 0.3 is 0 Å². The first-order valence-electron chi connectivity index (χ1n) is 5.73. The Bertz CT molecular complexity index is 406. The highest BCUT2D eigenvalue weighted by Gasteiger charge is 2.12. The Balaban J connectivity index is 2.64. The number of halogens is 1.